The van der Waals surface area contributed by atoms with Crippen molar-refractivity contribution in [3.63, 3.8) is 0 Å². The smallest absolute Gasteiger partial charge is 0.258 e. The number of nitrogens with one attached hydrogen (secondary N) is 1. The third kappa shape index (κ3) is 4.42. The van der Waals surface area contributed by atoms with E-state index in [0.29, 0.717) is 39.8 Å². The van der Waals surface area contributed by atoms with E-state index < -0.39 is 0 Å². The topological polar surface area (TPSA) is 80.1 Å². The Labute approximate surface area is 186 Å². The highest BCUT2D eigenvalue weighted by Crippen LogP contribution is 2.30. The van der Waals surface area contributed by atoms with Gasteiger partial charge >= 0.3 is 0 Å². The number of fused-ring (bicyclic) bond motifs is 1. The zero-order valence-electron chi connectivity index (χ0n) is 18.0. The molecule has 1 N–H and O–H groups in total. The molecule has 1 aromatic carbocycles. The number of aryl methyl sites for hydroxylation is 2. The monoisotopic (exact) mass is 439 g/mol. The van der Waals surface area contributed by atoms with E-state index in [2.05, 4.69) is 15.4 Å². The molecule has 3 aromatic rings. The van der Waals surface area contributed by atoms with Crippen molar-refractivity contribution in [2.24, 2.45) is 5.92 Å². The van der Waals surface area contributed by atoms with Crippen molar-refractivity contribution in [3.05, 3.63) is 52.3 Å². The molecule has 0 saturated carbocycles. The van der Waals surface area contributed by atoms with Crippen LogP contribution in [0, 0.1) is 19.8 Å². The van der Waals surface area contributed by atoms with E-state index in [1.54, 1.807) is 6.92 Å². The summed E-state index contributed by atoms with van der Waals surface area (Å²) in [5, 5.41) is 8.60. The lowest BCUT2D eigenvalue weighted by atomic mass is 9.97. The summed E-state index contributed by atoms with van der Waals surface area (Å²) in [6, 6.07) is 7.59. The third-order valence-corrected chi connectivity index (χ3v) is 6.31. The van der Waals surface area contributed by atoms with Crippen LogP contribution in [0.25, 0.3) is 11.0 Å². The largest absolute Gasteiger partial charge is 0.343 e. The fraction of sp³-hybridized carbons (Fsp3) is 0.391. The van der Waals surface area contributed by atoms with E-state index in [1.165, 1.54) is 6.20 Å². The summed E-state index contributed by atoms with van der Waals surface area (Å²) in [4.78, 5) is 30.8. The van der Waals surface area contributed by atoms with Crippen LogP contribution in [0.15, 0.2) is 30.5 Å². The molecule has 1 aliphatic rings. The summed E-state index contributed by atoms with van der Waals surface area (Å²) in [7, 11) is 0. The van der Waals surface area contributed by atoms with Gasteiger partial charge in [0.25, 0.3) is 5.91 Å². The van der Waals surface area contributed by atoms with Crippen molar-refractivity contribution in [3.8, 4) is 0 Å². The molecule has 0 radical (unpaired) electrons. The predicted octanol–water partition coefficient (Wildman–Crippen LogP) is 4.21. The highest BCUT2D eigenvalue weighted by atomic mass is 35.5. The molecule has 4 rings (SSSR count). The fourth-order valence-corrected chi connectivity index (χ4v) is 4.43. The van der Waals surface area contributed by atoms with Gasteiger partial charge in [0.1, 0.15) is 0 Å². The quantitative estimate of drug-likeness (QED) is 0.660. The van der Waals surface area contributed by atoms with Gasteiger partial charge < -0.3 is 10.2 Å². The second-order valence-electron chi connectivity index (χ2n) is 8.22. The van der Waals surface area contributed by atoms with Crippen molar-refractivity contribution in [2.45, 2.75) is 40.2 Å². The van der Waals surface area contributed by atoms with Crippen LogP contribution in [0.1, 0.15) is 41.4 Å². The minimum absolute atomic E-state index is 0.128. The fourth-order valence-electron chi connectivity index (χ4n) is 4.07. The van der Waals surface area contributed by atoms with Gasteiger partial charge in [-0.05, 0) is 44.7 Å². The number of anilines is 1. The van der Waals surface area contributed by atoms with Gasteiger partial charge in [-0.3, -0.25) is 9.59 Å². The summed E-state index contributed by atoms with van der Waals surface area (Å²) in [5.74, 6) is 0.249. The average molecular weight is 440 g/mol. The molecule has 1 fully saturated rings. The maximum atomic E-state index is 12.8. The normalized spacial score (nSPS) is 14.8. The van der Waals surface area contributed by atoms with Gasteiger partial charge in [0.2, 0.25) is 5.91 Å². The van der Waals surface area contributed by atoms with Gasteiger partial charge in [-0.15, -0.1) is 0 Å². The van der Waals surface area contributed by atoms with Crippen LogP contribution in [0.3, 0.4) is 0 Å². The lowest BCUT2D eigenvalue weighted by Crippen LogP contribution is -2.38. The van der Waals surface area contributed by atoms with Crippen molar-refractivity contribution in [1.82, 2.24) is 19.7 Å². The molecule has 1 aliphatic heterocycles. The number of aromatic nitrogens is 3. The number of pyridine rings is 1. The molecule has 8 heteroatoms. The Hall–Kier alpha value is -2.93. The molecular formula is C23H26ClN5O2. The summed E-state index contributed by atoms with van der Waals surface area (Å²) in [6.45, 7) is 7.75. The van der Waals surface area contributed by atoms with E-state index in [1.807, 2.05) is 47.7 Å². The zero-order chi connectivity index (χ0) is 22.1. The summed E-state index contributed by atoms with van der Waals surface area (Å²) >= 11 is 6.64. The first-order valence-corrected chi connectivity index (χ1v) is 10.9. The number of amides is 2. The van der Waals surface area contributed by atoms with Crippen LogP contribution in [0.4, 0.5) is 5.69 Å². The van der Waals surface area contributed by atoms with Crippen molar-refractivity contribution in [2.75, 3.05) is 18.4 Å². The van der Waals surface area contributed by atoms with Crippen molar-refractivity contribution in [1.29, 1.82) is 0 Å². The Morgan fingerprint density at radius 2 is 1.84 bits per heavy atom. The Balaban J connectivity index is 1.55. The van der Waals surface area contributed by atoms with Gasteiger partial charge in [-0.2, -0.15) is 5.10 Å². The highest BCUT2D eigenvalue weighted by molar-refractivity contribution is 6.39. The van der Waals surface area contributed by atoms with Crippen LogP contribution in [-0.4, -0.2) is 44.6 Å². The van der Waals surface area contributed by atoms with Crippen LogP contribution >= 0.6 is 11.6 Å². The molecule has 0 spiro atoms. The van der Waals surface area contributed by atoms with E-state index in [-0.39, 0.29) is 11.8 Å². The van der Waals surface area contributed by atoms with E-state index in [4.69, 9.17) is 11.6 Å². The Kier molecular flexibility index (Phi) is 5.96. The zero-order valence-corrected chi connectivity index (χ0v) is 18.7. The lowest BCUT2D eigenvalue weighted by molar-refractivity contribution is -0.130. The summed E-state index contributed by atoms with van der Waals surface area (Å²) in [6.07, 6.45) is 3.39. The highest BCUT2D eigenvalue weighted by Gasteiger charge is 2.24. The Morgan fingerprint density at radius 1 is 1.16 bits per heavy atom. The van der Waals surface area contributed by atoms with Crippen molar-refractivity contribution >= 4 is 40.1 Å². The molecule has 0 bridgehead atoms. The summed E-state index contributed by atoms with van der Waals surface area (Å²) in [5.41, 5.74) is 3.58. The number of carbonyl (C=O) groups excluding carboxylic acids is 2. The molecular weight excluding hydrogens is 414 g/mol. The standard InChI is InChI=1S/C23H26ClN5O2/c1-14-4-6-18(7-5-14)26-23(31)19-12-25-22-20(21(19)24)15(2)27-29(22)13-17-8-10-28(11-9-17)16(3)30/h4-7,12,17H,8-11,13H2,1-3H3,(H,26,31). The molecule has 2 aromatic heterocycles. The number of halogens is 1. The van der Waals surface area contributed by atoms with E-state index in [9.17, 15) is 9.59 Å². The molecule has 31 heavy (non-hydrogen) atoms. The Bertz CT molecular complexity index is 1130. The first kappa shape index (κ1) is 21.3. The Morgan fingerprint density at radius 3 is 2.48 bits per heavy atom. The van der Waals surface area contributed by atoms with Crippen LogP contribution in [0.5, 0.6) is 0 Å². The van der Waals surface area contributed by atoms with Gasteiger partial charge in [-0.25, -0.2) is 9.67 Å². The minimum atomic E-state index is -0.299. The maximum absolute atomic E-state index is 12.8. The van der Waals surface area contributed by atoms with Gasteiger partial charge in [-0.1, -0.05) is 29.3 Å². The van der Waals surface area contributed by atoms with Gasteiger partial charge in [0.05, 0.1) is 21.7 Å². The van der Waals surface area contributed by atoms with Crippen LogP contribution < -0.4 is 5.32 Å². The van der Waals surface area contributed by atoms with Gasteiger partial charge in [0.15, 0.2) is 5.65 Å². The maximum Gasteiger partial charge on any atom is 0.258 e. The minimum Gasteiger partial charge on any atom is -0.343 e. The number of hydrogen-bond donors (Lipinski definition) is 1. The van der Waals surface area contributed by atoms with Crippen LogP contribution in [0.2, 0.25) is 5.02 Å². The third-order valence-electron chi connectivity index (χ3n) is 5.92. The number of piperidine rings is 1. The van der Waals surface area contributed by atoms with E-state index >= 15 is 0 Å². The first-order chi connectivity index (χ1) is 14.8. The summed E-state index contributed by atoms with van der Waals surface area (Å²) < 4.78 is 1.88. The SMILES string of the molecule is CC(=O)N1CCC(Cn2nc(C)c3c(Cl)c(C(=O)Nc4ccc(C)cc4)cnc32)CC1. The molecule has 0 aliphatic carbocycles. The molecule has 1 saturated heterocycles. The molecule has 3 heterocycles. The molecule has 2 amide bonds. The molecule has 162 valence electrons. The number of nitrogens with zero attached hydrogens (tertiary/aromatic N) is 4. The second-order valence-corrected chi connectivity index (χ2v) is 8.60. The lowest BCUT2D eigenvalue weighted by Gasteiger charge is -2.31. The predicted molar refractivity (Wildman–Crippen MR) is 121 cm³/mol. The molecule has 0 unspecified atom stereocenters. The number of carbonyl (C=O) groups is 2. The van der Waals surface area contributed by atoms with Crippen LogP contribution in [-0.2, 0) is 11.3 Å². The number of benzene rings is 1. The average Bonchev–Trinajstić information content (AvgIpc) is 3.06. The molecule has 7 nitrogen and oxygen atoms in total. The van der Waals surface area contributed by atoms with E-state index in [0.717, 1.165) is 37.2 Å². The second kappa shape index (κ2) is 8.67. The number of likely N-dealkylation sites (tertiary alicyclic amines) is 1. The number of rotatable bonds is 4. The van der Waals surface area contributed by atoms with Crippen molar-refractivity contribution < 1.29 is 9.59 Å². The first-order valence-electron chi connectivity index (χ1n) is 10.5. The molecule has 0 atom stereocenters. The van der Waals surface area contributed by atoms with Gasteiger partial charge in [0, 0.05) is 38.4 Å². The number of hydrogen-bond acceptors (Lipinski definition) is 4.